The fourth-order valence-corrected chi connectivity index (χ4v) is 7.67. The van der Waals surface area contributed by atoms with Crippen molar-refractivity contribution >= 4 is 56.4 Å². The number of aromatic nitrogens is 1. The highest BCUT2D eigenvalue weighted by Crippen LogP contribution is 2.36. The fourth-order valence-electron chi connectivity index (χ4n) is 5.16. The molecule has 0 unspecified atom stereocenters. The van der Waals surface area contributed by atoms with E-state index in [2.05, 4.69) is 10.1 Å². The molecule has 2 saturated heterocycles. The molecule has 1 amide bonds. The zero-order valence-electron chi connectivity index (χ0n) is 22.0. The summed E-state index contributed by atoms with van der Waals surface area (Å²) in [7, 11) is -4.10. The molecule has 0 radical (unpaired) electrons. The van der Waals surface area contributed by atoms with Crippen molar-refractivity contribution in [3.63, 3.8) is 0 Å². The molecule has 212 valence electrons. The van der Waals surface area contributed by atoms with Crippen LogP contribution in [0.1, 0.15) is 24.1 Å². The molecule has 0 saturated carbocycles. The maximum Gasteiger partial charge on any atom is 0.245 e. The summed E-state index contributed by atoms with van der Waals surface area (Å²) < 4.78 is 35.1. The number of ether oxygens (including phenoxy) is 1. The van der Waals surface area contributed by atoms with Gasteiger partial charge in [0.2, 0.25) is 15.9 Å². The number of hydrazone groups is 1. The number of amides is 1. The Kier molecular flexibility index (Phi) is 8.37. The summed E-state index contributed by atoms with van der Waals surface area (Å²) in [5, 5.41) is 4.70. The van der Waals surface area contributed by atoms with E-state index in [0.29, 0.717) is 55.9 Å². The summed E-state index contributed by atoms with van der Waals surface area (Å²) in [4.78, 5) is 21.5. The number of sulfonamides is 1. The molecule has 2 N–H and O–H groups in total. The number of piperazine rings is 1. The monoisotopic (exact) mass is 604 g/mol. The molecule has 2 fully saturated rings. The number of halogens is 2. The first-order chi connectivity index (χ1) is 19.2. The molecule has 3 aromatic rings. The Morgan fingerprint density at radius 2 is 1.90 bits per heavy atom. The number of carbonyl (C=O) groups excluding carboxylic acids is 1. The number of fused-ring (bicyclic) bond motifs is 1. The van der Waals surface area contributed by atoms with Gasteiger partial charge in [0.05, 0.1) is 5.02 Å². The van der Waals surface area contributed by atoms with Gasteiger partial charge in [-0.1, -0.05) is 41.4 Å². The lowest BCUT2D eigenvalue weighted by Gasteiger charge is -2.36. The molecule has 13 heteroatoms. The van der Waals surface area contributed by atoms with E-state index in [1.807, 2.05) is 36.1 Å². The third-order valence-corrected chi connectivity index (χ3v) is 10.1. The van der Waals surface area contributed by atoms with E-state index in [1.54, 1.807) is 11.0 Å². The summed E-state index contributed by atoms with van der Waals surface area (Å²) in [5.41, 5.74) is 1.87. The SMILES string of the molecule is Cc1ccc2cccc(OCc3c(Cl)ccc(S(=O)(=O)N4CCC[C@H]4C(=O)N4CCN(C=NN)CC4)c3Cl)c2n1. The van der Waals surface area contributed by atoms with Crippen LogP contribution in [0.4, 0.5) is 0 Å². The van der Waals surface area contributed by atoms with Crippen molar-refractivity contribution in [3.05, 3.63) is 63.8 Å². The Morgan fingerprint density at radius 1 is 1.12 bits per heavy atom. The molecule has 1 aromatic heterocycles. The average Bonchev–Trinajstić information content (AvgIpc) is 3.44. The van der Waals surface area contributed by atoms with Crippen LogP contribution in [-0.4, -0.2) is 78.5 Å². The summed E-state index contributed by atoms with van der Waals surface area (Å²) >= 11 is 13.2. The lowest BCUT2D eigenvalue weighted by molar-refractivity contribution is -0.135. The van der Waals surface area contributed by atoms with Gasteiger partial charge in [0, 0.05) is 54.4 Å². The standard InChI is InChI=1S/C27H30Cl2N6O4S/c1-18-7-8-19-4-2-6-23(26(19)32-18)39-16-20-21(28)9-10-24(25(20)29)40(37,38)35-11-3-5-22(35)27(36)34-14-12-33(13-15-34)17-31-30/h2,4,6-10,17,22H,3,5,11-16,30H2,1H3/t22-/m0/s1. The molecule has 0 spiro atoms. The lowest BCUT2D eigenvalue weighted by Crippen LogP contribution is -2.54. The second-order valence-corrected chi connectivity index (χ2v) is 12.5. The Hall–Kier alpha value is -3.12. The highest BCUT2D eigenvalue weighted by atomic mass is 35.5. The number of rotatable bonds is 7. The minimum absolute atomic E-state index is 0.0235. The van der Waals surface area contributed by atoms with Gasteiger partial charge in [-0.2, -0.15) is 9.41 Å². The zero-order chi connectivity index (χ0) is 28.4. The number of hydrogen-bond donors (Lipinski definition) is 1. The smallest absolute Gasteiger partial charge is 0.245 e. The van der Waals surface area contributed by atoms with Crippen molar-refractivity contribution in [1.82, 2.24) is 19.1 Å². The van der Waals surface area contributed by atoms with Gasteiger partial charge in [0.1, 0.15) is 35.1 Å². The van der Waals surface area contributed by atoms with Crippen molar-refractivity contribution in [1.29, 1.82) is 0 Å². The largest absolute Gasteiger partial charge is 0.487 e. The first-order valence-electron chi connectivity index (χ1n) is 12.9. The first kappa shape index (κ1) is 28.4. The molecule has 10 nitrogen and oxygen atoms in total. The summed E-state index contributed by atoms with van der Waals surface area (Å²) in [5.74, 6) is 5.55. The summed E-state index contributed by atoms with van der Waals surface area (Å²) in [6, 6.07) is 11.5. The Labute approximate surface area is 243 Å². The van der Waals surface area contributed by atoms with Crippen LogP contribution < -0.4 is 10.6 Å². The van der Waals surface area contributed by atoms with Gasteiger partial charge in [-0.05, 0) is 44.0 Å². The number of aryl methyl sites for hydroxylation is 1. The van der Waals surface area contributed by atoms with Crippen molar-refractivity contribution in [3.8, 4) is 5.75 Å². The molecule has 0 aliphatic carbocycles. The molecule has 2 aliphatic rings. The molecule has 3 heterocycles. The third kappa shape index (κ3) is 5.56. The number of pyridine rings is 1. The predicted octanol–water partition coefficient (Wildman–Crippen LogP) is 3.63. The van der Waals surface area contributed by atoms with Gasteiger partial charge in [-0.25, -0.2) is 13.4 Å². The average molecular weight is 606 g/mol. The second kappa shape index (κ2) is 11.8. The van der Waals surface area contributed by atoms with Crippen LogP contribution >= 0.6 is 23.2 Å². The molecule has 5 rings (SSSR count). The predicted molar refractivity (Wildman–Crippen MR) is 155 cm³/mol. The number of para-hydroxylation sites is 1. The molecule has 2 aromatic carbocycles. The van der Waals surface area contributed by atoms with E-state index >= 15 is 0 Å². The fraction of sp³-hybridized carbons (Fsp3) is 0.370. The van der Waals surface area contributed by atoms with Gasteiger partial charge in [-0.15, -0.1) is 0 Å². The molecule has 1 atom stereocenters. The normalized spacial score (nSPS) is 18.6. The van der Waals surface area contributed by atoms with Gasteiger partial charge in [-0.3, -0.25) is 4.79 Å². The van der Waals surface area contributed by atoms with Crippen molar-refractivity contribution in [2.75, 3.05) is 32.7 Å². The first-order valence-corrected chi connectivity index (χ1v) is 15.1. The van der Waals surface area contributed by atoms with E-state index < -0.39 is 16.1 Å². The number of benzene rings is 2. The number of nitrogens with two attached hydrogens (primary N) is 1. The molecule has 2 aliphatic heterocycles. The van der Waals surface area contributed by atoms with E-state index in [-0.39, 0.29) is 34.0 Å². The maximum atomic E-state index is 13.9. The van der Waals surface area contributed by atoms with Crippen molar-refractivity contribution in [2.45, 2.75) is 37.3 Å². The van der Waals surface area contributed by atoms with E-state index in [4.69, 9.17) is 33.8 Å². The Bertz CT molecular complexity index is 1560. The minimum Gasteiger partial charge on any atom is -0.487 e. The highest BCUT2D eigenvalue weighted by Gasteiger charge is 2.42. The number of nitrogens with zero attached hydrogens (tertiary/aromatic N) is 5. The quantitative estimate of drug-likeness (QED) is 0.189. The lowest BCUT2D eigenvalue weighted by atomic mass is 10.2. The zero-order valence-corrected chi connectivity index (χ0v) is 24.3. The molecule has 40 heavy (non-hydrogen) atoms. The van der Waals surface area contributed by atoms with Crippen LogP contribution in [0, 0.1) is 6.92 Å². The van der Waals surface area contributed by atoms with Gasteiger partial charge < -0.3 is 20.4 Å². The molecule has 0 bridgehead atoms. The van der Waals surface area contributed by atoms with Gasteiger partial charge in [0.25, 0.3) is 0 Å². The minimum atomic E-state index is -4.10. The van der Waals surface area contributed by atoms with Crippen LogP contribution in [0.15, 0.2) is 52.5 Å². The van der Waals surface area contributed by atoms with E-state index in [1.165, 1.54) is 22.8 Å². The second-order valence-electron chi connectivity index (χ2n) is 9.81. The van der Waals surface area contributed by atoms with Crippen LogP contribution in [0.25, 0.3) is 10.9 Å². The van der Waals surface area contributed by atoms with Gasteiger partial charge in [0.15, 0.2) is 0 Å². The number of hydrogen-bond acceptors (Lipinski definition) is 7. The van der Waals surface area contributed by atoms with Crippen molar-refractivity contribution in [2.24, 2.45) is 10.9 Å². The summed E-state index contributed by atoms with van der Waals surface area (Å²) in [6.45, 7) is 4.13. The number of carbonyl (C=O) groups is 1. The molecular weight excluding hydrogens is 575 g/mol. The third-order valence-electron chi connectivity index (χ3n) is 7.28. The topological polar surface area (TPSA) is 121 Å². The Morgan fingerprint density at radius 3 is 2.65 bits per heavy atom. The van der Waals surface area contributed by atoms with Gasteiger partial charge >= 0.3 is 0 Å². The van der Waals surface area contributed by atoms with Crippen LogP contribution in [0.3, 0.4) is 0 Å². The highest BCUT2D eigenvalue weighted by molar-refractivity contribution is 7.89. The maximum absolute atomic E-state index is 13.9. The van der Waals surface area contributed by atoms with E-state index in [0.717, 1.165) is 11.1 Å². The van der Waals surface area contributed by atoms with Crippen molar-refractivity contribution < 1.29 is 17.9 Å². The van der Waals surface area contributed by atoms with Crippen LogP contribution in [0.5, 0.6) is 5.75 Å². The van der Waals surface area contributed by atoms with Crippen LogP contribution in [0.2, 0.25) is 10.0 Å². The molecular formula is C27H30Cl2N6O4S. The van der Waals surface area contributed by atoms with Crippen LogP contribution in [-0.2, 0) is 21.4 Å². The summed E-state index contributed by atoms with van der Waals surface area (Å²) in [6.07, 6.45) is 2.55. The Balaban J connectivity index is 1.37. The van der Waals surface area contributed by atoms with E-state index in [9.17, 15) is 13.2 Å².